The molecule has 0 atom stereocenters. The van der Waals surface area contributed by atoms with E-state index >= 15 is 0 Å². The number of nitrogens with zero attached hydrogens (tertiary/aromatic N) is 4. The van der Waals surface area contributed by atoms with Gasteiger partial charge in [0.25, 0.3) is 0 Å². The molecule has 2 aromatic carbocycles. The molecule has 158 valence electrons. The van der Waals surface area contributed by atoms with E-state index in [1.807, 2.05) is 59.2 Å². The minimum atomic E-state index is -0.726. The fraction of sp³-hybridized carbons (Fsp3) is 0.304. The van der Waals surface area contributed by atoms with Crippen LogP contribution in [0.1, 0.15) is 25.7 Å². The molecule has 4 rings (SSSR count). The zero-order valence-corrected chi connectivity index (χ0v) is 18.1. The highest BCUT2D eigenvalue weighted by molar-refractivity contribution is 7.99. The minimum absolute atomic E-state index is 0.159. The van der Waals surface area contributed by atoms with Gasteiger partial charge < -0.3 is 10.1 Å². The summed E-state index contributed by atoms with van der Waals surface area (Å²) >= 11 is 1.30. The van der Waals surface area contributed by atoms with Crippen LogP contribution in [-0.2, 0) is 4.79 Å². The van der Waals surface area contributed by atoms with Gasteiger partial charge in [-0.25, -0.2) is 0 Å². The molecule has 1 N–H and O–H groups in total. The SMILES string of the molecule is COc1cccc(-c2nnc(SCC(=O)NC3(C#N)CCCC3)n2-c2ccccc2)c1. The van der Waals surface area contributed by atoms with Gasteiger partial charge >= 0.3 is 0 Å². The number of nitriles is 1. The number of hydrogen-bond acceptors (Lipinski definition) is 6. The second kappa shape index (κ2) is 9.23. The number of carbonyl (C=O) groups excluding carboxylic acids is 1. The lowest BCUT2D eigenvalue weighted by Crippen LogP contribution is -2.45. The van der Waals surface area contributed by atoms with Crippen molar-refractivity contribution >= 4 is 17.7 Å². The van der Waals surface area contributed by atoms with E-state index in [-0.39, 0.29) is 11.7 Å². The van der Waals surface area contributed by atoms with Gasteiger partial charge in [-0.1, -0.05) is 42.1 Å². The predicted molar refractivity (Wildman–Crippen MR) is 119 cm³/mol. The summed E-state index contributed by atoms with van der Waals surface area (Å²) in [6.45, 7) is 0. The Hall–Kier alpha value is -3.31. The summed E-state index contributed by atoms with van der Waals surface area (Å²) in [4.78, 5) is 12.6. The van der Waals surface area contributed by atoms with Crippen molar-refractivity contribution in [3.8, 4) is 28.9 Å². The summed E-state index contributed by atoms with van der Waals surface area (Å²) in [5, 5.41) is 21.8. The van der Waals surface area contributed by atoms with E-state index in [4.69, 9.17) is 4.74 Å². The van der Waals surface area contributed by atoms with Crippen LogP contribution in [0.25, 0.3) is 17.1 Å². The van der Waals surface area contributed by atoms with Gasteiger partial charge in [-0.05, 0) is 49.9 Å². The Labute approximate surface area is 185 Å². The summed E-state index contributed by atoms with van der Waals surface area (Å²) in [6, 6.07) is 19.7. The predicted octanol–water partition coefficient (Wildman–Crippen LogP) is 3.99. The molecule has 7 nitrogen and oxygen atoms in total. The number of aromatic nitrogens is 3. The molecule has 1 heterocycles. The quantitative estimate of drug-likeness (QED) is 0.567. The zero-order chi connectivity index (χ0) is 21.7. The first-order chi connectivity index (χ1) is 15.1. The second-order valence-electron chi connectivity index (χ2n) is 7.45. The van der Waals surface area contributed by atoms with Crippen molar-refractivity contribution in [2.24, 2.45) is 0 Å². The Balaban J connectivity index is 1.60. The largest absolute Gasteiger partial charge is 0.497 e. The molecular weight excluding hydrogens is 410 g/mol. The van der Waals surface area contributed by atoms with Crippen LogP contribution in [0, 0.1) is 11.3 Å². The number of benzene rings is 2. The average Bonchev–Trinajstić information content (AvgIpc) is 3.46. The molecule has 0 radical (unpaired) electrons. The summed E-state index contributed by atoms with van der Waals surface area (Å²) in [5.41, 5.74) is 1.04. The normalized spacial score (nSPS) is 14.7. The van der Waals surface area contributed by atoms with Crippen molar-refractivity contribution in [3.63, 3.8) is 0 Å². The highest BCUT2D eigenvalue weighted by Crippen LogP contribution is 2.31. The molecule has 1 amide bonds. The third-order valence-electron chi connectivity index (χ3n) is 5.36. The number of hydrogen-bond donors (Lipinski definition) is 1. The molecule has 1 saturated carbocycles. The van der Waals surface area contributed by atoms with Crippen LogP contribution in [0.3, 0.4) is 0 Å². The summed E-state index contributed by atoms with van der Waals surface area (Å²) in [6.07, 6.45) is 3.35. The highest BCUT2D eigenvalue weighted by atomic mass is 32.2. The molecule has 31 heavy (non-hydrogen) atoms. The number of carbonyl (C=O) groups is 1. The maximum Gasteiger partial charge on any atom is 0.231 e. The van der Waals surface area contributed by atoms with Gasteiger partial charge in [-0.2, -0.15) is 5.26 Å². The monoisotopic (exact) mass is 433 g/mol. The van der Waals surface area contributed by atoms with Crippen molar-refractivity contribution in [1.29, 1.82) is 5.26 Å². The van der Waals surface area contributed by atoms with Gasteiger partial charge in [0.05, 0.1) is 18.9 Å². The van der Waals surface area contributed by atoms with Crippen LogP contribution in [0.5, 0.6) is 5.75 Å². The lowest BCUT2D eigenvalue weighted by Gasteiger charge is -2.21. The van der Waals surface area contributed by atoms with Gasteiger partial charge in [0.15, 0.2) is 11.0 Å². The number of para-hydroxylation sites is 1. The molecule has 1 aliphatic rings. The third-order valence-corrected chi connectivity index (χ3v) is 6.29. The Morgan fingerprint density at radius 2 is 1.97 bits per heavy atom. The van der Waals surface area contributed by atoms with E-state index in [9.17, 15) is 10.1 Å². The number of rotatable bonds is 7. The molecule has 3 aromatic rings. The lowest BCUT2D eigenvalue weighted by molar-refractivity contribution is -0.119. The Kier molecular flexibility index (Phi) is 6.23. The standard InChI is InChI=1S/C23H23N5O2S/c1-30-19-11-7-8-17(14-19)21-26-27-22(28(21)18-9-3-2-4-10-18)31-15-20(29)25-23(16-24)12-5-6-13-23/h2-4,7-11,14H,5-6,12-13,15H2,1H3,(H,25,29). The molecule has 0 aliphatic heterocycles. The number of methoxy groups -OCH3 is 1. The molecular formula is C23H23N5O2S. The van der Waals surface area contributed by atoms with Gasteiger partial charge in [0.1, 0.15) is 11.3 Å². The van der Waals surface area contributed by atoms with Crippen LogP contribution in [0.15, 0.2) is 59.8 Å². The van der Waals surface area contributed by atoms with Gasteiger partial charge in [0.2, 0.25) is 5.91 Å². The summed E-state index contributed by atoms with van der Waals surface area (Å²) in [5.74, 6) is 1.38. The Bertz CT molecular complexity index is 1100. The van der Waals surface area contributed by atoms with Crippen molar-refractivity contribution in [2.45, 2.75) is 36.4 Å². The molecule has 0 spiro atoms. The first-order valence-electron chi connectivity index (χ1n) is 10.1. The van der Waals surface area contributed by atoms with E-state index < -0.39 is 5.54 Å². The van der Waals surface area contributed by atoms with Crippen molar-refractivity contribution in [2.75, 3.05) is 12.9 Å². The zero-order valence-electron chi connectivity index (χ0n) is 17.2. The lowest BCUT2D eigenvalue weighted by atomic mass is 10.0. The average molecular weight is 434 g/mol. The number of ether oxygens (including phenoxy) is 1. The summed E-state index contributed by atoms with van der Waals surface area (Å²) < 4.78 is 7.28. The molecule has 0 bridgehead atoms. The fourth-order valence-electron chi connectivity index (χ4n) is 3.80. The summed E-state index contributed by atoms with van der Waals surface area (Å²) in [7, 11) is 1.62. The maximum absolute atomic E-state index is 12.6. The first-order valence-corrected chi connectivity index (χ1v) is 11.1. The highest BCUT2D eigenvalue weighted by Gasteiger charge is 2.35. The number of thioether (sulfide) groups is 1. The molecule has 1 aliphatic carbocycles. The molecule has 1 aromatic heterocycles. The van der Waals surface area contributed by atoms with Gasteiger partial charge in [-0.3, -0.25) is 9.36 Å². The van der Waals surface area contributed by atoms with E-state index in [2.05, 4.69) is 21.6 Å². The first kappa shape index (κ1) is 20.9. The molecule has 0 unspecified atom stereocenters. The van der Waals surface area contributed by atoms with Crippen LogP contribution in [0.4, 0.5) is 0 Å². The van der Waals surface area contributed by atoms with Crippen LogP contribution >= 0.6 is 11.8 Å². The van der Waals surface area contributed by atoms with Crippen LogP contribution in [-0.4, -0.2) is 39.1 Å². The molecule has 8 heteroatoms. The van der Waals surface area contributed by atoms with Gasteiger partial charge in [0, 0.05) is 11.3 Å². The number of nitrogens with one attached hydrogen (secondary N) is 1. The third kappa shape index (κ3) is 4.57. The van der Waals surface area contributed by atoms with Crippen molar-refractivity contribution in [3.05, 3.63) is 54.6 Å². The smallest absolute Gasteiger partial charge is 0.231 e. The van der Waals surface area contributed by atoms with Crippen LogP contribution < -0.4 is 10.1 Å². The van der Waals surface area contributed by atoms with E-state index in [0.717, 1.165) is 29.8 Å². The maximum atomic E-state index is 12.6. The van der Waals surface area contributed by atoms with Crippen LogP contribution in [0.2, 0.25) is 0 Å². The van der Waals surface area contributed by atoms with Gasteiger partial charge in [-0.15, -0.1) is 10.2 Å². The van der Waals surface area contributed by atoms with Crippen molar-refractivity contribution in [1.82, 2.24) is 20.1 Å². The van der Waals surface area contributed by atoms with E-state index in [1.165, 1.54) is 11.8 Å². The Morgan fingerprint density at radius 3 is 2.68 bits per heavy atom. The Morgan fingerprint density at radius 1 is 1.19 bits per heavy atom. The van der Waals surface area contributed by atoms with E-state index in [0.29, 0.717) is 23.8 Å². The number of amides is 1. The minimum Gasteiger partial charge on any atom is -0.497 e. The van der Waals surface area contributed by atoms with Crippen molar-refractivity contribution < 1.29 is 9.53 Å². The topological polar surface area (TPSA) is 92.8 Å². The molecule has 1 fully saturated rings. The van der Waals surface area contributed by atoms with E-state index in [1.54, 1.807) is 7.11 Å². The fourth-order valence-corrected chi connectivity index (χ4v) is 4.55. The molecule has 0 saturated heterocycles. The second-order valence-corrected chi connectivity index (χ2v) is 8.39.